The van der Waals surface area contributed by atoms with Gasteiger partial charge in [-0.3, -0.25) is 4.57 Å². The molecule has 21 heavy (non-hydrogen) atoms. The highest BCUT2D eigenvalue weighted by Crippen LogP contribution is 2.10. The molecule has 1 aliphatic rings. The molecule has 1 saturated heterocycles. The minimum absolute atomic E-state index is 0.149. The maximum atomic E-state index is 11.9. The lowest BCUT2D eigenvalue weighted by Crippen LogP contribution is -2.42. The van der Waals surface area contributed by atoms with Crippen molar-refractivity contribution >= 4 is 6.03 Å². The molecule has 0 spiro atoms. The van der Waals surface area contributed by atoms with Crippen molar-refractivity contribution in [2.75, 3.05) is 13.1 Å². The monoisotopic (exact) mass is 286 g/mol. The van der Waals surface area contributed by atoms with Crippen LogP contribution in [0.1, 0.15) is 12.0 Å². The second-order valence-electron chi connectivity index (χ2n) is 4.97. The summed E-state index contributed by atoms with van der Waals surface area (Å²) in [5.41, 5.74) is 0.940. The van der Waals surface area contributed by atoms with Gasteiger partial charge in [-0.25, -0.2) is 14.8 Å². The third-order valence-electron chi connectivity index (χ3n) is 3.45. The van der Waals surface area contributed by atoms with E-state index in [1.807, 2.05) is 22.9 Å². The number of nitrogens with zero attached hydrogens (tertiary/aromatic N) is 3. The second-order valence-corrected chi connectivity index (χ2v) is 4.97. The molecule has 3 rings (SSSR count). The Morgan fingerprint density at radius 2 is 2.43 bits per heavy atom. The van der Waals surface area contributed by atoms with Crippen molar-refractivity contribution in [2.24, 2.45) is 0 Å². The first-order valence-corrected chi connectivity index (χ1v) is 7.00. The zero-order chi connectivity index (χ0) is 14.5. The van der Waals surface area contributed by atoms with Crippen molar-refractivity contribution in [3.63, 3.8) is 0 Å². The van der Waals surface area contributed by atoms with E-state index in [-0.39, 0.29) is 12.1 Å². The van der Waals surface area contributed by atoms with E-state index >= 15 is 0 Å². The Morgan fingerprint density at radius 1 is 1.48 bits per heavy atom. The van der Waals surface area contributed by atoms with E-state index in [1.165, 1.54) is 0 Å². The van der Waals surface area contributed by atoms with Crippen LogP contribution in [0.3, 0.4) is 0 Å². The lowest BCUT2D eigenvalue weighted by molar-refractivity contribution is 0.237. The zero-order valence-corrected chi connectivity index (χ0v) is 11.6. The van der Waals surface area contributed by atoms with Gasteiger partial charge >= 0.3 is 6.03 Å². The van der Waals surface area contributed by atoms with E-state index in [2.05, 4.69) is 25.9 Å². The molecule has 110 valence electrons. The summed E-state index contributed by atoms with van der Waals surface area (Å²) in [5.74, 6) is 0.776. The Balaban J connectivity index is 1.61. The van der Waals surface area contributed by atoms with Gasteiger partial charge in [-0.1, -0.05) is 6.07 Å². The molecule has 3 N–H and O–H groups in total. The van der Waals surface area contributed by atoms with Gasteiger partial charge in [-0.05, 0) is 19.0 Å². The van der Waals surface area contributed by atoms with E-state index in [4.69, 9.17) is 0 Å². The summed E-state index contributed by atoms with van der Waals surface area (Å²) in [7, 11) is 0. The summed E-state index contributed by atoms with van der Waals surface area (Å²) in [6, 6.07) is 3.87. The first-order valence-electron chi connectivity index (χ1n) is 7.00. The van der Waals surface area contributed by atoms with E-state index in [0.29, 0.717) is 6.54 Å². The van der Waals surface area contributed by atoms with Crippen LogP contribution in [0, 0.1) is 0 Å². The van der Waals surface area contributed by atoms with Crippen molar-refractivity contribution in [3.8, 4) is 5.82 Å². The molecule has 0 bridgehead atoms. The SMILES string of the molecule is O=C(NCc1cccnc1-n1ccnc1)N[C@H]1CCNC1. The van der Waals surface area contributed by atoms with E-state index in [1.54, 1.807) is 18.7 Å². The Labute approximate surface area is 122 Å². The predicted molar refractivity (Wildman–Crippen MR) is 78.0 cm³/mol. The molecule has 1 fully saturated rings. The number of carbonyl (C=O) groups is 1. The number of urea groups is 1. The zero-order valence-electron chi connectivity index (χ0n) is 11.6. The molecule has 3 heterocycles. The number of imidazole rings is 1. The van der Waals surface area contributed by atoms with Gasteiger partial charge in [0.2, 0.25) is 0 Å². The molecule has 7 heteroatoms. The first-order chi connectivity index (χ1) is 10.3. The summed E-state index contributed by atoms with van der Waals surface area (Å²) in [6.45, 7) is 2.21. The van der Waals surface area contributed by atoms with E-state index < -0.39 is 0 Å². The van der Waals surface area contributed by atoms with Crippen molar-refractivity contribution < 1.29 is 4.79 Å². The quantitative estimate of drug-likeness (QED) is 0.761. The summed E-state index contributed by atoms with van der Waals surface area (Å²) in [5, 5.41) is 9.04. The fourth-order valence-corrected chi connectivity index (χ4v) is 2.37. The first kappa shape index (κ1) is 13.6. The van der Waals surface area contributed by atoms with Gasteiger partial charge in [-0.2, -0.15) is 0 Å². The maximum absolute atomic E-state index is 11.9. The van der Waals surface area contributed by atoms with Crippen LogP contribution in [0.15, 0.2) is 37.1 Å². The fourth-order valence-electron chi connectivity index (χ4n) is 2.37. The summed E-state index contributed by atoms with van der Waals surface area (Å²) in [6.07, 6.45) is 7.92. The topological polar surface area (TPSA) is 83.9 Å². The lowest BCUT2D eigenvalue weighted by atomic mass is 10.2. The smallest absolute Gasteiger partial charge is 0.315 e. The molecule has 2 amide bonds. The molecular formula is C14H18N6O. The molecule has 1 atom stereocenters. The van der Waals surface area contributed by atoms with Gasteiger partial charge in [0.25, 0.3) is 0 Å². The van der Waals surface area contributed by atoms with Crippen LogP contribution in [-0.2, 0) is 6.54 Å². The van der Waals surface area contributed by atoms with Crippen LogP contribution in [0.4, 0.5) is 4.79 Å². The van der Waals surface area contributed by atoms with E-state index in [0.717, 1.165) is 30.9 Å². The number of amides is 2. The van der Waals surface area contributed by atoms with Gasteiger partial charge in [-0.15, -0.1) is 0 Å². The molecule has 7 nitrogen and oxygen atoms in total. The highest BCUT2D eigenvalue weighted by atomic mass is 16.2. The Morgan fingerprint density at radius 3 is 3.19 bits per heavy atom. The van der Waals surface area contributed by atoms with Crippen LogP contribution < -0.4 is 16.0 Å². The number of pyridine rings is 1. The van der Waals surface area contributed by atoms with Crippen LogP contribution in [0.5, 0.6) is 0 Å². The lowest BCUT2D eigenvalue weighted by Gasteiger charge is -2.13. The van der Waals surface area contributed by atoms with Crippen molar-refractivity contribution in [3.05, 3.63) is 42.6 Å². The minimum Gasteiger partial charge on any atom is -0.334 e. The maximum Gasteiger partial charge on any atom is 0.315 e. The predicted octanol–water partition coefficient (Wildman–Crippen LogP) is 0.428. The largest absolute Gasteiger partial charge is 0.334 e. The number of hydrogen-bond donors (Lipinski definition) is 3. The average Bonchev–Trinajstić information content (AvgIpc) is 3.18. The molecule has 1 aliphatic heterocycles. The van der Waals surface area contributed by atoms with Crippen LogP contribution in [0.25, 0.3) is 5.82 Å². The molecule has 2 aromatic heterocycles. The molecule has 0 aliphatic carbocycles. The fraction of sp³-hybridized carbons (Fsp3) is 0.357. The Hall–Kier alpha value is -2.41. The highest BCUT2D eigenvalue weighted by Gasteiger charge is 2.16. The molecule has 0 unspecified atom stereocenters. The number of hydrogen-bond acceptors (Lipinski definition) is 4. The molecule has 0 saturated carbocycles. The molecular weight excluding hydrogens is 268 g/mol. The van der Waals surface area contributed by atoms with Crippen molar-refractivity contribution in [2.45, 2.75) is 19.0 Å². The number of nitrogens with one attached hydrogen (secondary N) is 3. The molecule has 2 aromatic rings. The van der Waals surface area contributed by atoms with Gasteiger partial charge in [0.1, 0.15) is 12.1 Å². The average molecular weight is 286 g/mol. The second kappa shape index (κ2) is 6.36. The third kappa shape index (κ3) is 3.38. The summed E-state index contributed by atoms with van der Waals surface area (Å²) >= 11 is 0. The van der Waals surface area contributed by atoms with Crippen LogP contribution in [0.2, 0.25) is 0 Å². The molecule has 0 radical (unpaired) electrons. The van der Waals surface area contributed by atoms with Gasteiger partial charge < -0.3 is 16.0 Å². The number of aromatic nitrogens is 3. The van der Waals surface area contributed by atoms with Crippen LogP contribution >= 0.6 is 0 Å². The normalized spacial score (nSPS) is 17.6. The number of rotatable bonds is 4. The summed E-state index contributed by atoms with van der Waals surface area (Å²) in [4.78, 5) is 20.2. The van der Waals surface area contributed by atoms with E-state index in [9.17, 15) is 4.79 Å². The highest BCUT2D eigenvalue weighted by molar-refractivity contribution is 5.74. The van der Waals surface area contributed by atoms with Gasteiger partial charge in [0, 0.05) is 43.3 Å². The minimum atomic E-state index is -0.149. The third-order valence-corrected chi connectivity index (χ3v) is 3.45. The van der Waals surface area contributed by atoms with Crippen LogP contribution in [-0.4, -0.2) is 39.7 Å². The van der Waals surface area contributed by atoms with Gasteiger partial charge in [0.15, 0.2) is 0 Å². The Bertz CT molecular complexity index is 591. The number of carbonyl (C=O) groups excluding carboxylic acids is 1. The standard InChI is InChI=1S/C14H18N6O/c21-14(19-12-3-5-15-9-12)18-8-11-2-1-4-17-13(11)20-7-6-16-10-20/h1-2,4,6-7,10,12,15H,3,5,8-9H2,(H2,18,19,21)/t12-/m0/s1. The summed E-state index contributed by atoms with van der Waals surface area (Å²) < 4.78 is 1.83. The van der Waals surface area contributed by atoms with Crippen molar-refractivity contribution in [1.82, 2.24) is 30.5 Å². The Kier molecular flexibility index (Phi) is 4.11. The molecule has 0 aromatic carbocycles. The van der Waals surface area contributed by atoms with Crippen molar-refractivity contribution in [1.29, 1.82) is 0 Å². The van der Waals surface area contributed by atoms with Gasteiger partial charge in [0.05, 0.1) is 0 Å².